The van der Waals surface area contributed by atoms with Crippen molar-refractivity contribution in [3.8, 4) is 0 Å². The molecule has 1 aromatic carbocycles. The van der Waals surface area contributed by atoms with E-state index in [2.05, 4.69) is 72.9 Å². The highest BCUT2D eigenvalue weighted by atomic mass is 32.1. The fraction of sp³-hybridized carbons (Fsp3) is 0.375. The van der Waals surface area contributed by atoms with Crippen molar-refractivity contribution in [2.45, 2.75) is 26.4 Å². The Morgan fingerprint density at radius 2 is 1.95 bits per heavy atom. The van der Waals surface area contributed by atoms with Crippen LogP contribution in [-0.4, -0.2) is 13.6 Å². The molecule has 2 rings (SSSR count). The van der Waals surface area contributed by atoms with Crippen LogP contribution in [-0.2, 0) is 6.54 Å². The molecule has 1 unspecified atom stereocenters. The van der Waals surface area contributed by atoms with Gasteiger partial charge in [0, 0.05) is 24.2 Å². The first-order valence-corrected chi connectivity index (χ1v) is 7.66. The second-order valence-corrected chi connectivity index (χ2v) is 5.73. The summed E-state index contributed by atoms with van der Waals surface area (Å²) in [5.41, 5.74) is 2.60. The molecule has 1 N–H and O–H groups in total. The zero-order chi connectivity index (χ0) is 13.7. The van der Waals surface area contributed by atoms with E-state index >= 15 is 0 Å². The molecule has 2 aromatic rings. The van der Waals surface area contributed by atoms with Crippen LogP contribution in [0, 0.1) is 0 Å². The molecule has 0 saturated carbocycles. The van der Waals surface area contributed by atoms with Crippen LogP contribution in [0.2, 0.25) is 0 Å². The Morgan fingerprint density at radius 1 is 1.21 bits per heavy atom. The highest BCUT2D eigenvalue weighted by Gasteiger charge is 2.12. The van der Waals surface area contributed by atoms with Gasteiger partial charge in [-0.3, -0.25) is 0 Å². The smallest absolute Gasteiger partial charge is 0.0603 e. The van der Waals surface area contributed by atoms with Crippen molar-refractivity contribution in [2.24, 2.45) is 0 Å². The first-order valence-electron chi connectivity index (χ1n) is 6.78. The van der Waals surface area contributed by atoms with E-state index < -0.39 is 0 Å². The molecule has 1 aromatic heterocycles. The van der Waals surface area contributed by atoms with Crippen LogP contribution in [0.25, 0.3) is 0 Å². The van der Waals surface area contributed by atoms with Crippen LogP contribution in [0.15, 0.2) is 41.8 Å². The van der Waals surface area contributed by atoms with Crippen molar-refractivity contribution in [1.82, 2.24) is 5.32 Å². The number of thiophene rings is 1. The van der Waals surface area contributed by atoms with Crippen molar-refractivity contribution in [2.75, 3.05) is 18.5 Å². The molecule has 2 nitrogen and oxygen atoms in total. The molecule has 0 spiro atoms. The monoisotopic (exact) mass is 274 g/mol. The zero-order valence-corrected chi connectivity index (χ0v) is 12.7. The molecule has 1 heterocycles. The Bertz CT molecular complexity index is 476. The maximum atomic E-state index is 3.35. The summed E-state index contributed by atoms with van der Waals surface area (Å²) in [5.74, 6) is 0. The summed E-state index contributed by atoms with van der Waals surface area (Å²) in [7, 11) is 2.16. The molecule has 0 bridgehead atoms. The number of nitrogens with one attached hydrogen (secondary N) is 1. The van der Waals surface area contributed by atoms with Gasteiger partial charge in [0.2, 0.25) is 0 Å². The standard InChI is InChI=1S/C16H22N2S/c1-4-17-12-14-7-9-15(10-8-14)18(3)13(2)16-6-5-11-19-16/h5-11,13,17H,4,12H2,1-3H3. The average molecular weight is 274 g/mol. The lowest BCUT2D eigenvalue weighted by molar-refractivity contribution is 0.725. The van der Waals surface area contributed by atoms with E-state index in [1.807, 2.05) is 11.3 Å². The fourth-order valence-electron chi connectivity index (χ4n) is 2.06. The molecule has 3 heteroatoms. The average Bonchev–Trinajstić information content (AvgIpc) is 2.98. The van der Waals surface area contributed by atoms with Crippen LogP contribution >= 0.6 is 11.3 Å². The summed E-state index contributed by atoms with van der Waals surface area (Å²) in [6, 6.07) is 13.5. The summed E-state index contributed by atoms with van der Waals surface area (Å²) in [4.78, 5) is 3.72. The normalized spacial score (nSPS) is 12.4. The lowest BCUT2D eigenvalue weighted by Gasteiger charge is -2.26. The molecule has 0 fully saturated rings. The largest absolute Gasteiger partial charge is 0.367 e. The summed E-state index contributed by atoms with van der Waals surface area (Å²) in [6.07, 6.45) is 0. The van der Waals surface area contributed by atoms with E-state index in [1.165, 1.54) is 16.1 Å². The number of hydrogen-bond acceptors (Lipinski definition) is 3. The van der Waals surface area contributed by atoms with E-state index in [1.54, 1.807) is 0 Å². The molecular weight excluding hydrogens is 252 g/mol. The Labute approximate surface area is 120 Å². The van der Waals surface area contributed by atoms with E-state index in [4.69, 9.17) is 0 Å². The Balaban J connectivity index is 2.05. The maximum absolute atomic E-state index is 3.35. The highest BCUT2D eigenvalue weighted by Crippen LogP contribution is 2.28. The first kappa shape index (κ1) is 14.1. The van der Waals surface area contributed by atoms with Gasteiger partial charge in [-0.25, -0.2) is 0 Å². The minimum atomic E-state index is 0.416. The molecule has 0 aliphatic heterocycles. The van der Waals surface area contributed by atoms with Crippen LogP contribution in [0.1, 0.15) is 30.3 Å². The first-order chi connectivity index (χ1) is 9.22. The molecular formula is C16H22N2S. The molecule has 0 saturated heterocycles. The third-order valence-corrected chi connectivity index (χ3v) is 4.50. The van der Waals surface area contributed by atoms with Gasteiger partial charge in [0.15, 0.2) is 0 Å². The molecule has 0 aliphatic carbocycles. The van der Waals surface area contributed by atoms with Gasteiger partial charge in [0.1, 0.15) is 0 Å². The van der Waals surface area contributed by atoms with Gasteiger partial charge in [0.25, 0.3) is 0 Å². The summed E-state index contributed by atoms with van der Waals surface area (Å²) in [5, 5.41) is 5.48. The summed E-state index contributed by atoms with van der Waals surface area (Å²) in [6.45, 7) is 6.33. The van der Waals surface area contributed by atoms with Gasteiger partial charge in [-0.05, 0) is 42.6 Å². The SMILES string of the molecule is CCNCc1ccc(N(C)C(C)c2cccs2)cc1. The van der Waals surface area contributed by atoms with Crippen LogP contribution < -0.4 is 10.2 Å². The van der Waals surface area contributed by atoms with Gasteiger partial charge in [-0.2, -0.15) is 0 Å². The van der Waals surface area contributed by atoms with Crippen LogP contribution in [0.4, 0.5) is 5.69 Å². The predicted octanol–water partition coefficient (Wildman–Crippen LogP) is 4.06. The molecule has 19 heavy (non-hydrogen) atoms. The molecule has 0 amide bonds. The van der Waals surface area contributed by atoms with Crippen molar-refractivity contribution in [3.63, 3.8) is 0 Å². The van der Waals surface area contributed by atoms with Crippen molar-refractivity contribution in [1.29, 1.82) is 0 Å². The second kappa shape index (κ2) is 6.73. The highest BCUT2D eigenvalue weighted by molar-refractivity contribution is 7.10. The third-order valence-electron chi connectivity index (χ3n) is 3.46. The zero-order valence-electron chi connectivity index (χ0n) is 11.9. The number of anilines is 1. The van der Waals surface area contributed by atoms with E-state index in [0.717, 1.165) is 13.1 Å². The van der Waals surface area contributed by atoms with E-state index in [-0.39, 0.29) is 0 Å². The number of hydrogen-bond donors (Lipinski definition) is 1. The molecule has 0 radical (unpaired) electrons. The fourth-order valence-corrected chi connectivity index (χ4v) is 2.89. The number of benzene rings is 1. The van der Waals surface area contributed by atoms with Crippen LogP contribution in [0.5, 0.6) is 0 Å². The molecule has 102 valence electrons. The van der Waals surface area contributed by atoms with Gasteiger partial charge in [0.05, 0.1) is 6.04 Å². The third kappa shape index (κ3) is 3.58. The van der Waals surface area contributed by atoms with Crippen LogP contribution in [0.3, 0.4) is 0 Å². The Morgan fingerprint density at radius 3 is 2.53 bits per heavy atom. The Hall–Kier alpha value is -1.32. The quantitative estimate of drug-likeness (QED) is 0.854. The van der Waals surface area contributed by atoms with Crippen molar-refractivity contribution in [3.05, 3.63) is 52.2 Å². The van der Waals surface area contributed by atoms with Gasteiger partial charge in [-0.1, -0.05) is 25.1 Å². The minimum Gasteiger partial charge on any atom is -0.367 e. The van der Waals surface area contributed by atoms with Gasteiger partial charge >= 0.3 is 0 Å². The van der Waals surface area contributed by atoms with Gasteiger partial charge in [-0.15, -0.1) is 11.3 Å². The lowest BCUT2D eigenvalue weighted by Crippen LogP contribution is -2.20. The minimum absolute atomic E-state index is 0.416. The van der Waals surface area contributed by atoms with Crippen molar-refractivity contribution < 1.29 is 0 Å². The molecule has 0 aliphatic rings. The van der Waals surface area contributed by atoms with Gasteiger partial charge < -0.3 is 10.2 Å². The molecule has 1 atom stereocenters. The van der Waals surface area contributed by atoms with Crippen molar-refractivity contribution >= 4 is 17.0 Å². The topological polar surface area (TPSA) is 15.3 Å². The Kier molecular flexibility index (Phi) is 5.00. The summed E-state index contributed by atoms with van der Waals surface area (Å²) >= 11 is 1.82. The maximum Gasteiger partial charge on any atom is 0.0603 e. The number of nitrogens with zero attached hydrogens (tertiary/aromatic N) is 1. The predicted molar refractivity (Wildman–Crippen MR) is 85.0 cm³/mol. The number of rotatable bonds is 6. The van der Waals surface area contributed by atoms with E-state index in [9.17, 15) is 0 Å². The second-order valence-electron chi connectivity index (χ2n) is 4.75. The lowest BCUT2D eigenvalue weighted by atomic mass is 10.1. The summed E-state index contributed by atoms with van der Waals surface area (Å²) < 4.78 is 0. The van der Waals surface area contributed by atoms with E-state index in [0.29, 0.717) is 6.04 Å².